The molecule has 0 saturated carbocycles. The van der Waals surface area contributed by atoms with E-state index in [4.69, 9.17) is 0 Å². The number of halogens is 3. The van der Waals surface area contributed by atoms with Gasteiger partial charge in [-0.1, -0.05) is 42.5 Å². The first-order valence-corrected chi connectivity index (χ1v) is 7.99. The monoisotopic (exact) mass is 345 g/mol. The van der Waals surface area contributed by atoms with E-state index in [9.17, 15) is 21.6 Å². The third kappa shape index (κ3) is 4.46. The summed E-state index contributed by atoms with van der Waals surface area (Å²) in [6.45, 7) is 0.0313. The fourth-order valence-electron chi connectivity index (χ4n) is 1.97. The Bertz CT molecular complexity index is 761. The van der Waals surface area contributed by atoms with Gasteiger partial charge in [-0.25, -0.2) is 8.42 Å². The molecule has 0 N–H and O–H groups in total. The lowest BCUT2D eigenvalue weighted by molar-refractivity contribution is -0.275. The normalized spacial score (nSPS) is 12.4. The highest BCUT2D eigenvalue weighted by molar-refractivity contribution is 7.89. The lowest BCUT2D eigenvalue weighted by atomic mass is 10.2. The van der Waals surface area contributed by atoms with E-state index >= 15 is 0 Å². The van der Waals surface area contributed by atoms with E-state index in [2.05, 4.69) is 4.74 Å². The molecule has 0 aliphatic rings. The summed E-state index contributed by atoms with van der Waals surface area (Å²) in [5.41, 5.74) is 0.716. The van der Waals surface area contributed by atoms with Gasteiger partial charge in [0.15, 0.2) is 0 Å². The number of hydrogen-bond donors (Lipinski definition) is 0. The second-order valence-corrected chi connectivity index (χ2v) is 6.75. The molecule has 0 radical (unpaired) electrons. The lowest BCUT2D eigenvalue weighted by Gasteiger charge is -2.20. The van der Waals surface area contributed by atoms with Crippen LogP contribution in [0.1, 0.15) is 5.56 Å². The van der Waals surface area contributed by atoms with E-state index < -0.39 is 27.0 Å². The van der Waals surface area contributed by atoms with Crippen molar-refractivity contribution >= 4 is 10.0 Å². The number of rotatable bonds is 5. The first-order valence-electron chi connectivity index (χ1n) is 6.55. The number of ether oxygens (including phenoxy) is 1. The van der Waals surface area contributed by atoms with Crippen LogP contribution in [-0.4, -0.2) is 26.1 Å². The third-order valence-corrected chi connectivity index (χ3v) is 4.85. The van der Waals surface area contributed by atoms with E-state index in [1.165, 1.54) is 19.2 Å². The molecule has 0 atom stereocenters. The average Bonchev–Trinajstić information content (AvgIpc) is 2.47. The molecule has 4 nitrogen and oxygen atoms in total. The fourth-order valence-corrected chi connectivity index (χ4v) is 3.23. The molecule has 8 heteroatoms. The number of nitrogens with zero attached hydrogens (tertiary/aromatic N) is 1. The van der Waals surface area contributed by atoms with E-state index in [1.807, 2.05) is 0 Å². The zero-order valence-electron chi connectivity index (χ0n) is 12.1. The number of benzene rings is 2. The van der Waals surface area contributed by atoms with Gasteiger partial charge < -0.3 is 4.74 Å². The summed E-state index contributed by atoms with van der Waals surface area (Å²) >= 11 is 0. The molecular weight excluding hydrogens is 331 g/mol. The van der Waals surface area contributed by atoms with Crippen molar-refractivity contribution in [1.29, 1.82) is 0 Å². The summed E-state index contributed by atoms with van der Waals surface area (Å²) in [5.74, 6) is -0.750. The van der Waals surface area contributed by atoms with Crippen LogP contribution in [0.15, 0.2) is 59.5 Å². The van der Waals surface area contributed by atoms with Gasteiger partial charge in [0, 0.05) is 13.6 Å². The molecule has 0 aliphatic carbocycles. The predicted octanol–water partition coefficient (Wildman–Crippen LogP) is 3.41. The number of para-hydroxylation sites is 1. The number of alkyl halides is 3. The van der Waals surface area contributed by atoms with Gasteiger partial charge in [0.25, 0.3) is 0 Å². The minimum Gasteiger partial charge on any atom is -0.404 e. The molecule has 2 aromatic rings. The maximum absolute atomic E-state index is 12.5. The van der Waals surface area contributed by atoms with Crippen LogP contribution < -0.4 is 4.74 Å². The Labute approximate surface area is 132 Å². The molecule has 0 heterocycles. The van der Waals surface area contributed by atoms with Gasteiger partial charge in [0.1, 0.15) is 10.6 Å². The molecule has 2 aromatic carbocycles. The molecule has 0 bridgehead atoms. The van der Waals surface area contributed by atoms with E-state index in [0.717, 1.165) is 16.4 Å². The summed E-state index contributed by atoms with van der Waals surface area (Å²) in [4.78, 5) is -0.532. The van der Waals surface area contributed by atoms with E-state index in [0.29, 0.717) is 5.56 Å². The number of sulfonamides is 1. The Morgan fingerprint density at radius 1 is 1.00 bits per heavy atom. The molecule has 0 aromatic heterocycles. The van der Waals surface area contributed by atoms with Gasteiger partial charge in [-0.3, -0.25) is 0 Å². The standard InChI is InChI=1S/C15H14F3NO3S/c1-19(11-12-7-3-2-4-8-12)23(20,21)14-10-6-5-9-13(14)22-15(16,17)18/h2-10H,11H2,1H3. The van der Waals surface area contributed by atoms with Crippen LogP contribution in [0.2, 0.25) is 0 Å². The van der Waals surface area contributed by atoms with Crippen LogP contribution in [0.3, 0.4) is 0 Å². The zero-order valence-corrected chi connectivity index (χ0v) is 12.9. The summed E-state index contributed by atoms with van der Waals surface area (Å²) in [6, 6.07) is 13.4. The molecule has 0 fully saturated rings. The van der Waals surface area contributed by atoms with Gasteiger partial charge in [-0.05, 0) is 17.7 Å². The highest BCUT2D eigenvalue weighted by Gasteiger charge is 2.34. The summed E-state index contributed by atoms with van der Waals surface area (Å²) in [7, 11) is -2.83. The second-order valence-electron chi connectivity index (χ2n) is 4.74. The van der Waals surface area contributed by atoms with Crippen LogP contribution >= 0.6 is 0 Å². The Morgan fingerprint density at radius 3 is 2.17 bits per heavy atom. The first-order chi connectivity index (χ1) is 10.7. The maximum Gasteiger partial charge on any atom is 0.573 e. The van der Waals surface area contributed by atoms with Crippen molar-refractivity contribution in [3.63, 3.8) is 0 Å². The van der Waals surface area contributed by atoms with Gasteiger partial charge in [0.2, 0.25) is 10.0 Å². The average molecular weight is 345 g/mol. The predicted molar refractivity (Wildman–Crippen MR) is 78.2 cm³/mol. The van der Waals surface area contributed by atoms with Crippen LogP contribution in [0.4, 0.5) is 13.2 Å². The fraction of sp³-hybridized carbons (Fsp3) is 0.200. The van der Waals surface area contributed by atoms with Crippen LogP contribution in [0.25, 0.3) is 0 Å². The SMILES string of the molecule is CN(Cc1ccccc1)S(=O)(=O)c1ccccc1OC(F)(F)F. The van der Waals surface area contributed by atoms with Crippen molar-refractivity contribution in [3.8, 4) is 5.75 Å². The van der Waals surface area contributed by atoms with Crippen molar-refractivity contribution in [2.75, 3.05) is 7.05 Å². The van der Waals surface area contributed by atoms with Crippen molar-refractivity contribution in [2.24, 2.45) is 0 Å². The Balaban J connectivity index is 2.32. The van der Waals surface area contributed by atoms with E-state index in [-0.39, 0.29) is 6.54 Å². The molecule has 0 saturated heterocycles. The van der Waals surface area contributed by atoms with Crippen LogP contribution in [0.5, 0.6) is 5.75 Å². The zero-order chi connectivity index (χ0) is 17.1. The van der Waals surface area contributed by atoms with Crippen molar-refractivity contribution in [2.45, 2.75) is 17.8 Å². The van der Waals surface area contributed by atoms with Crippen LogP contribution in [0, 0.1) is 0 Å². The molecule has 0 aliphatic heterocycles. The quantitative estimate of drug-likeness (QED) is 0.834. The molecule has 124 valence electrons. The summed E-state index contributed by atoms with van der Waals surface area (Å²) in [5, 5.41) is 0. The minimum absolute atomic E-state index is 0.0313. The third-order valence-electron chi connectivity index (χ3n) is 3.01. The van der Waals surface area contributed by atoms with Crippen LogP contribution in [-0.2, 0) is 16.6 Å². The molecule has 0 unspecified atom stereocenters. The van der Waals surface area contributed by atoms with Gasteiger partial charge in [-0.15, -0.1) is 13.2 Å². The highest BCUT2D eigenvalue weighted by Crippen LogP contribution is 2.31. The largest absolute Gasteiger partial charge is 0.573 e. The lowest BCUT2D eigenvalue weighted by Crippen LogP contribution is -2.28. The molecule has 23 heavy (non-hydrogen) atoms. The molecule has 2 rings (SSSR count). The van der Waals surface area contributed by atoms with Crippen molar-refractivity contribution in [3.05, 3.63) is 60.2 Å². The Morgan fingerprint density at radius 2 is 1.57 bits per heavy atom. The van der Waals surface area contributed by atoms with Crippen molar-refractivity contribution < 1.29 is 26.3 Å². The molecule has 0 amide bonds. The van der Waals surface area contributed by atoms with Gasteiger partial charge >= 0.3 is 6.36 Å². The van der Waals surface area contributed by atoms with E-state index in [1.54, 1.807) is 30.3 Å². The maximum atomic E-state index is 12.5. The Hall–Kier alpha value is -2.06. The van der Waals surface area contributed by atoms with Crippen molar-refractivity contribution in [1.82, 2.24) is 4.31 Å². The van der Waals surface area contributed by atoms with Gasteiger partial charge in [-0.2, -0.15) is 4.31 Å². The Kier molecular flexibility index (Phi) is 4.96. The smallest absolute Gasteiger partial charge is 0.404 e. The summed E-state index contributed by atoms with van der Waals surface area (Å²) in [6.07, 6.45) is -4.97. The van der Waals surface area contributed by atoms with Gasteiger partial charge in [0.05, 0.1) is 0 Å². The number of hydrogen-bond acceptors (Lipinski definition) is 3. The second kappa shape index (κ2) is 6.59. The topological polar surface area (TPSA) is 46.6 Å². The molecule has 0 spiro atoms. The summed E-state index contributed by atoms with van der Waals surface area (Å²) < 4.78 is 67.1. The minimum atomic E-state index is -4.97. The molecular formula is C15H14F3NO3S. The first kappa shape index (κ1) is 17.3. The highest BCUT2D eigenvalue weighted by atomic mass is 32.2.